The van der Waals surface area contributed by atoms with E-state index in [1.54, 1.807) is 0 Å². The smallest absolute Gasteiger partial charge is 0.327 e. The number of rotatable bonds is 7. The van der Waals surface area contributed by atoms with E-state index in [0.29, 0.717) is 0 Å². The molecule has 4 aromatic rings. The zero-order chi connectivity index (χ0) is 27.6. The van der Waals surface area contributed by atoms with Crippen molar-refractivity contribution in [3.63, 3.8) is 0 Å². The van der Waals surface area contributed by atoms with E-state index in [0.717, 1.165) is 23.2 Å². The molecule has 0 aliphatic rings. The third-order valence-electron chi connectivity index (χ3n) is 5.16. The van der Waals surface area contributed by atoms with Gasteiger partial charge in [-0.15, -0.1) is 0 Å². The van der Waals surface area contributed by atoms with Crippen molar-refractivity contribution in [2.75, 3.05) is 23.8 Å². The number of carbonyl (C=O) groups is 1. The van der Waals surface area contributed by atoms with Crippen LogP contribution in [0.25, 0.3) is 11.1 Å². The minimum Gasteiger partial charge on any atom is -0.495 e. The summed E-state index contributed by atoms with van der Waals surface area (Å²) < 4.78 is 78.5. The van der Waals surface area contributed by atoms with E-state index in [-0.39, 0.29) is 44.1 Å². The topological polar surface area (TPSA) is 127 Å². The number of anilines is 3. The molecule has 10 nitrogen and oxygen atoms in total. The van der Waals surface area contributed by atoms with Gasteiger partial charge in [0.2, 0.25) is 0 Å². The van der Waals surface area contributed by atoms with Gasteiger partial charge in [-0.2, -0.15) is 0 Å². The Bertz CT molecular complexity index is 1580. The highest BCUT2D eigenvalue weighted by Crippen LogP contribution is 2.41. The number of halogens is 4. The van der Waals surface area contributed by atoms with Gasteiger partial charge in [-0.05, 0) is 42.0 Å². The van der Waals surface area contributed by atoms with Crippen molar-refractivity contribution in [1.82, 2.24) is 15.5 Å². The molecule has 2 aromatic heterocycles. The van der Waals surface area contributed by atoms with E-state index in [9.17, 15) is 26.4 Å². The molecule has 0 spiro atoms. The van der Waals surface area contributed by atoms with Crippen LogP contribution >= 0.6 is 11.6 Å². The number of benzene rings is 2. The molecular weight excluding hydrogens is 551 g/mol. The predicted molar refractivity (Wildman–Crippen MR) is 131 cm³/mol. The SMILES string of the molecule is CNC(=O)N(c1ccc(S(=O)(=O)Nc2ccon2)cn1)c1cc(Cl)c(-c2cc(F)c(F)c(F)c2)cc1OC. The van der Waals surface area contributed by atoms with Crippen molar-refractivity contribution >= 4 is 45.0 Å². The van der Waals surface area contributed by atoms with Crippen LogP contribution in [-0.2, 0) is 10.0 Å². The Hall–Kier alpha value is -4.30. The molecular formula is C23H17ClF3N5O5S. The Morgan fingerprint density at radius 3 is 2.37 bits per heavy atom. The maximum atomic E-state index is 13.8. The number of nitrogens with one attached hydrogen (secondary N) is 2. The number of pyridine rings is 1. The first-order valence-electron chi connectivity index (χ1n) is 10.5. The zero-order valence-electron chi connectivity index (χ0n) is 19.5. The van der Waals surface area contributed by atoms with E-state index in [4.69, 9.17) is 16.3 Å². The summed E-state index contributed by atoms with van der Waals surface area (Å²) in [4.78, 5) is 17.8. The predicted octanol–water partition coefficient (Wildman–Crippen LogP) is 5.09. The van der Waals surface area contributed by atoms with Crippen molar-refractivity contribution in [1.29, 1.82) is 0 Å². The van der Waals surface area contributed by atoms with Crippen molar-refractivity contribution in [2.45, 2.75) is 4.90 Å². The summed E-state index contributed by atoms with van der Waals surface area (Å²) in [7, 11) is -1.44. The molecule has 0 bridgehead atoms. The van der Waals surface area contributed by atoms with Crippen LogP contribution in [0.2, 0.25) is 5.02 Å². The second kappa shape index (κ2) is 10.6. The Kier molecular flexibility index (Phi) is 7.46. The van der Waals surface area contributed by atoms with Gasteiger partial charge in [0, 0.05) is 24.9 Å². The maximum absolute atomic E-state index is 13.8. The zero-order valence-corrected chi connectivity index (χ0v) is 21.1. The van der Waals surface area contributed by atoms with E-state index in [1.807, 2.05) is 0 Å². The van der Waals surface area contributed by atoms with E-state index in [2.05, 4.69) is 24.7 Å². The van der Waals surface area contributed by atoms with Crippen LogP contribution in [0.15, 0.2) is 64.3 Å². The summed E-state index contributed by atoms with van der Waals surface area (Å²) in [6, 6.07) is 7.19. The lowest BCUT2D eigenvalue weighted by atomic mass is 10.0. The first kappa shape index (κ1) is 26.8. The molecule has 0 radical (unpaired) electrons. The second-order valence-corrected chi connectivity index (χ2v) is 9.58. The minimum absolute atomic E-state index is 0.0225. The van der Waals surface area contributed by atoms with Crippen LogP contribution in [-0.4, -0.2) is 38.7 Å². The summed E-state index contributed by atoms with van der Waals surface area (Å²) in [5.74, 6) is -4.49. The lowest BCUT2D eigenvalue weighted by Crippen LogP contribution is -2.35. The van der Waals surface area contributed by atoms with Crippen LogP contribution < -0.4 is 19.7 Å². The maximum Gasteiger partial charge on any atom is 0.327 e. The molecule has 0 aliphatic heterocycles. The third-order valence-corrected chi connectivity index (χ3v) is 6.81. The molecule has 15 heteroatoms. The number of carbonyl (C=O) groups excluding carboxylic acids is 1. The Labute approximate surface area is 219 Å². The normalized spacial score (nSPS) is 11.2. The fraction of sp³-hybridized carbons (Fsp3) is 0.0870. The van der Waals surface area contributed by atoms with Crippen molar-refractivity contribution in [3.05, 3.63) is 77.4 Å². The van der Waals surface area contributed by atoms with Crippen LogP contribution in [0, 0.1) is 17.5 Å². The molecule has 0 saturated heterocycles. The van der Waals surface area contributed by atoms with Gasteiger partial charge >= 0.3 is 6.03 Å². The Balaban J connectivity index is 1.76. The number of hydrogen-bond donors (Lipinski definition) is 2. The molecule has 198 valence electrons. The largest absolute Gasteiger partial charge is 0.495 e. The monoisotopic (exact) mass is 567 g/mol. The number of sulfonamides is 1. The number of nitrogens with zero attached hydrogens (tertiary/aromatic N) is 3. The molecule has 0 saturated carbocycles. The minimum atomic E-state index is -4.07. The standard InChI is InChI=1S/C23H17ClF3N5O5S/c1-28-23(33)32(21-4-3-13(11-29-21)38(34,35)31-20-5-6-37-30-20)18-10-15(24)14(9-19(18)36-2)12-7-16(25)22(27)17(26)8-12/h3-11H,1-2H3,(H,28,33)(H,30,31). The van der Waals surface area contributed by atoms with Gasteiger partial charge in [0.15, 0.2) is 23.3 Å². The first-order valence-corrected chi connectivity index (χ1v) is 12.4. The summed E-state index contributed by atoms with van der Waals surface area (Å²) in [5, 5.41) is 5.86. The van der Waals surface area contributed by atoms with Gasteiger partial charge in [0.25, 0.3) is 10.0 Å². The molecule has 0 atom stereocenters. The Morgan fingerprint density at radius 1 is 1.11 bits per heavy atom. The highest BCUT2D eigenvalue weighted by atomic mass is 35.5. The molecule has 0 fully saturated rings. The highest BCUT2D eigenvalue weighted by molar-refractivity contribution is 7.92. The van der Waals surface area contributed by atoms with Crippen LogP contribution in [0.5, 0.6) is 5.75 Å². The summed E-state index contributed by atoms with van der Waals surface area (Å²) in [6.07, 6.45) is 2.20. The highest BCUT2D eigenvalue weighted by Gasteiger charge is 2.26. The van der Waals surface area contributed by atoms with Gasteiger partial charge in [0.1, 0.15) is 22.7 Å². The number of hydrogen-bond acceptors (Lipinski definition) is 7. The van der Waals surface area contributed by atoms with Gasteiger partial charge in [-0.1, -0.05) is 16.8 Å². The van der Waals surface area contributed by atoms with Crippen LogP contribution in [0.1, 0.15) is 0 Å². The number of ether oxygens (including phenoxy) is 1. The average molecular weight is 568 g/mol. The molecule has 2 heterocycles. The lowest BCUT2D eigenvalue weighted by Gasteiger charge is -2.24. The van der Waals surface area contributed by atoms with Crippen LogP contribution in [0.4, 0.5) is 35.3 Å². The molecule has 38 heavy (non-hydrogen) atoms. The van der Waals surface area contributed by atoms with Crippen molar-refractivity contribution in [2.24, 2.45) is 0 Å². The fourth-order valence-corrected chi connectivity index (χ4v) is 4.59. The summed E-state index contributed by atoms with van der Waals surface area (Å²) in [6.45, 7) is 0. The number of aromatic nitrogens is 2. The Morgan fingerprint density at radius 2 is 1.82 bits per heavy atom. The number of urea groups is 1. The average Bonchev–Trinajstić information content (AvgIpc) is 3.40. The van der Waals surface area contributed by atoms with E-state index in [1.165, 1.54) is 50.8 Å². The fourth-order valence-electron chi connectivity index (χ4n) is 3.39. The van der Waals surface area contributed by atoms with Gasteiger partial charge in [0.05, 0.1) is 17.8 Å². The molecule has 2 amide bonds. The second-order valence-electron chi connectivity index (χ2n) is 7.49. The summed E-state index contributed by atoms with van der Waals surface area (Å²) >= 11 is 6.40. The van der Waals surface area contributed by atoms with Crippen LogP contribution in [0.3, 0.4) is 0 Å². The molecule has 0 unspecified atom stereocenters. The van der Waals surface area contributed by atoms with E-state index < -0.39 is 33.5 Å². The third kappa shape index (κ3) is 5.21. The molecule has 0 aliphatic carbocycles. The van der Waals surface area contributed by atoms with E-state index >= 15 is 0 Å². The first-order chi connectivity index (χ1) is 18.1. The molecule has 2 N–H and O–H groups in total. The van der Waals surface area contributed by atoms with Crippen molar-refractivity contribution < 1.29 is 35.6 Å². The molecule has 4 rings (SSSR count). The van der Waals surface area contributed by atoms with Gasteiger partial charge in [-0.3, -0.25) is 4.72 Å². The summed E-state index contributed by atoms with van der Waals surface area (Å²) in [5.41, 5.74) is 0.0813. The quantitative estimate of drug-likeness (QED) is 0.298. The van der Waals surface area contributed by atoms with Gasteiger partial charge < -0.3 is 14.6 Å². The van der Waals surface area contributed by atoms with Gasteiger partial charge in [-0.25, -0.2) is 36.3 Å². The number of methoxy groups -OCH3 is 1. The molecule has 2 aromatic carbocycles. The number of amides is 2. The lowest BCUT2D eigenvalue weighted by molar-refractivity contribution is 0.250. The van der Waals surface area contributed by atoms with Crippen molar-refractivity contribution in [3.8, 4) is 16.9 Å².